The third kappa shape index (κ3) is 5.25. The lowest BCUT2D eigenvalue weighted by atomic mass is 10.1. The number of benzene rings is 1. The molecular formula is C11H15BrN2O4S. The lowest BCUT2D eigenvalue weighted by molar-refractivity contribution is -0.385. The maximum absolute atomic E-state index is 12.0. The van der Waals surface area contributed by atoms with E-state index in [0.29, 0.717) is 4.47 Å². The van der Waals surface area contributed by atoms with Gasteiger partial charge in [0.05, 0.1) is 16.4 Å². The van der Waals surface area contributed by atoms with Crippen molar-refractivity contribution in [2.24, 2.45) is 5.73 Å². The molecule has 0 aliphatic heterocycles. The summed E-state index contributed by atoms with van der Waals surface area (Å²) in [5, 5.41) is 10.9. The van der Waals surface area contributed by atoms with Crippen molar-refractivity contribution < 1.29 is 13.3 Å². The van der Waals surface area contributed by atoms with Gasteiger partial charge in [0.15, 0.2) is 9.84 Å². The van der Waals surface area contributed by atoms with Gasteiger partial charge in [-0.05, 0) is 19.9 Å². The third-order valence-electron chi connectivity index (χ3n) is 2.21. The van der Waals surface area contributed by atoms with Crippen molar-refractivity contribution in [2.45, 2.75) is 25.1 Å². The Morgan fingerprint density at radius 3 is 2.47 bits per heavy atom. The summed E-state index contributed by atoms with van der Waals surface area (Å²) in [6.45, 7) is 3.20. The van der Waals surface area contributed by atoms with Crippen LogP contribution in [0.1, 0.15) is 19.4 Å². The Balaban J connectivity index is 3.10. The van der Waals surface area contributed by atoms with E-state index in [-0.39, 0.29) is 17.0 Å². The van der Waals surface area contributed by atoms with Crippen LogP contribution >= 0.6 is 15.9 Å². The monoisotopic (exact) mass is 350 g/mol. The molecule has 0 unspecified atom stereocenters. The minimum Gasteiger partial charge on any atom is -0.325 e. The number of rotatable bonds is 5. The molecule has 1 aromatic carbocycles. The van der Waals surface area contributed by atoms with Crippen molar-refractivity contribution in [1.82, 2.24) is 0 Å². The summed E-state index contributed by atoms with van der Waals surface area (Å²) in [4.78, 5) is 10.3. The van der Waals surface area contributed by atoms with Gasteiger partial charge in [0.2, 0.25) is 0 Å². The van der Waals surface area contributed by atoms with Crippen LogP contribution in [-0.4, -0.2) is 24.6 Å². The molecule has 0 spiro atoms. The molecule has 19 heavy (non-hydrogen) atoms. The van der Waals surface area contributed by atoms with Crippen LogP contribution in [0.4, 0.5) is 5.69 Å². The molecule has 0 atom stereocenters. The molecule has 0 bridgehead atoms. The second-order valence-corrected chi connectivity index (χ2v) is 8.03. The lowest BCUT2D eigenvalue weighted by Gasteiger charge is -2.18. The van der Waals surface area contributed by atoms with E-state index in [1.807, 2.05) is 0 Å². The van der Waals surface area contributed by atoms with Gasteiger partial charge >= 0.3 is 0 Å². The molecule has 106 valence electrons. The first-order chi connectivity index (χ1) is 8.50. The van der Waals surface area contributed by atoms with Crippen LogP contribution in [0.5, 0.6) is 0 Å². The van der Waals surface area contributed by atoms with E-state index < -0.39 is 26.1 Å². The van der Waals surface area contributed by atoms with E-state index in [4.69, 9.17) is 5.73 Å². The molecule has 0 saturated carbocycles. The van der Waals surface area contributed by atoms with Crippen LogP contribution < -0.4 is 5.73 Å². The summed E-state index contributed by atoms with van der Waals surface area (Å²) in [5.74, 6) is -0.621. The van der Waals surface area contributed by atoms with E-state index in [1.54, 1.807) is 19.9 Å². The summed E-state index contributed by atoms with van der Waals surface area (Å²) >= 11 is 3.12. The number of nitro benzene ring substituents is 1. The van der Waals surface area contributed by atoms with Gasteiger partial charge in [-0.25, -0.2) is 8.42 Å². The van der Waals surface area contributed by atoms with Crippen molar-refractivity contribution in [2.75, 3.05) is 5.75 Å². The van der Waals surface area contributed by atoms with Gasteiger partial charge in [0.1, 0.15) is 0 Å². The molecular weight excluding hydrogens is 336 g/mol. The molecule has 8 heteroatoms. The summed E-state index contributed by atoms with van der Waals surface area (Å²) in [6.07, 6.45) is 0. The molecule has 1 aromatic rings. The molecule has 0 amide bonds. The topological polar surface area (TPSA) is 103 Å². The van der Waals surface area contributed by atoms with Gasteiger partial charge in [-0.3, -0.25) is 10.1 Å². The van der Waals surface area contributed by atoms with Crippen LogP contribution in [0.2, 0.25) is 0 Å². The molecule has 6 nitrogen and oxygen atoms in total. The van der Waals surface area contributed by atoms with Crippen molar-refractivity contribution in [1.29, 1.82) is 0 Å². The predicted octanol–water partition coefficient (Wildman–Crippen LogP) is 2.01. The summed E-state index contributed by atoms with van der Waals surface area (Å²) in [7, 11) is -3.51. The average molecular weight is 351 g/mol. The van der Waals surface area contributed by atoms with Gasteiger partial charge < -0.3 is 5.73 Å². The fourth-order valence-corrected chi connectivity index (χ4v) is 3.99. The fourth-order valence-electron chi connectivity index (χ4n) is 1.68. The van der Waals surface area contributed by atoms with Crippen LogP contribution in [0.15, 0.2) is 22.7 Å². The highest BCUT2D eigenvalue weighted by atomic mass is 79.9. The van der Waals surface area contributed by atoms with Gasteiger partial charge in [0, 0.05) is 21.6 Å². The van der Waals surface area contributed by atoms with E-state index in [1.165, 1.54) is 12.1 Å². The molecule has 0 heterocycles. The second kappa shape index (κ2) is 5.56. The van der Waals surface area contributed by atoms with Crippen LogP contribution in [-0.2, 0) is 15.6 Å². The molecule has 1 rings (SSSR count). The van der Waals surface area contributed by atoms with Crippen molar-refractivity contribution >= 4 is 31.5 Å². The smallest absolute Gasteiger partial charge is 0.274 e. The normalized spacial score (nSPS) is 12.4. The first-order valence-corrected chi connectivity index (χ1v) is 8.04. The zero-order chi connectivity index (χ0) is 14.8. The number of halogens is 1. The third-order valence-corrected chi connectivity index (χ3v) is 4.64. The SMILES string of the molecule is CC(C)(N)CS(=O)(=O)Cc1ccc(Br)cc1[N+](=O)[O-]. The quantitative estimate of drug-likeness (QED) is 0.646. The van der Waals surface area contributed by atoms with Crippen LogP contribution in [0.25, 0.3) is 0 Å². The van der Waals surface area contributed by atoms with Gasteiger partial charge in [-0.1, -0.05) is 22.0 Å². The van der Waals surface area contributed by atoms with E-state index in [0.717, 1.165) is 0 Å². The van der Waals surface area contributed by atoms with Crippen molar-refractivity contribution in [3.8, 4) is 0 Å². The highest BCUT2D eigenvalue weighted by Gasteiger charge is 2.25. The first kappa shape index (κ1) is 16.1. The Bertz CT molecular complexity index is 593. The summed E-state index contributed by atoms with van der Waals surface area (Å²) in [5.41, 5.74) is 4.75. The Kier molecular flexibility index (Phi) is 4.70. The Hall–Kier alpha value is -0.990. The second-order valence-electron chi connectivity index (χ2n) is 5.05. The highest BCUT2D eigenvalue weighted by molar-refractivity contribution is 9.10. The molecule has 0 aliphatic rings. The van der Waals surface area contributed by atoms with Crippen molar-refractivity contribution in [3.63, 3.8) is 0 Å². The molecule has 2 N–H and O–H groups in total. The zero-order valence-electron chi connectivity index (χ0n) is 10.6. The largest absolute Gasteiger partial charge is 0.325 e. The number of sulfone groups is 1. The number of nitrogens with two attached hydrogens (primary N) is 1. The average Bonchev–Trinajstić information content (AvgIpc) is 2.16. The van der Waals surface area contributed by atoms with E-state index in [9.17, 15) is 18.5 Å². The maximum atomic E-state index is 12.0. The highest BCUT2D eigenvalue weighted by Crippen LogP contribution is 2.25. The fraction of sp³-hybridized carbons (Fsp3) is 0.455. The molecule has 0 radical (unpaired) electrons. The van der Waals surface area contributed by atoms with E-state index >= 15 is 0 Å². The molecule has 0 aromatic heterocycles. The maximum Gasteiger partial charge on any atom is 0.274 e. The number of hydrogen-bond donors (Lipinski definition) is 1. The van der Waals surface area contributed by atoms with Gasteiger partial charge in [0.25, 0.3) is 5.69 Å². The lowest BCUT2D eigenvalue weighted by Crippen LogP contribution is -2.40. The molecule has 0 fully saturated rings. The standard InChI is InChI=1S/C11H15BrN2O4S/c1-11(2,13)7-19(17,18)6-8-3-4-9(12)5-10(8)14(15)16/h3-5H,6-7,13H2,1-2H3. The minimum absolute atomic E-state index is 0.164. The summed E-state index contributed by atoms with van der Waals surface area (Å²) in [6, 6.07) is 4.30. The Morgan fingerprint density at radius 2 is 2.00 bits per heavy atom. The Morgan fingerprint density at radius 1 is 1.42 bits per heavy atom. The van der Waals surface area contributed by atoms with E-state index in [2.05, 4.69) is 15.9 Å². The number of nitro groups is 1. The molecule has 0 saturated heterocycles. The number of nitrogens with zero attached hydrogens (tertiary/aromatic N) is 1. The summed E-state index contributed by atoms with van der Waals surface area (Å²) < 4.78 is 24.4. The van der Waals surface area contributed by atoms with Gasteiger partial charge in [-0.2, -0.15) is 0 Å². The number of hydrogen-bond acceptors (Lipinski definition) is 5. The predicted molar refractivity (Wildman–Crippen MR) is 76.6 cm³/mol. The minimum atomic E-state index is -3.51. The first-order valence-electron chi connectivity index (χ1n) is 5.42. The molecule has 0 aliphatic carbocycles. The van der Waals surface area contributed by atoms with Crippen molar-refractivity contribution in [3.05, 3.63) is 38.3 Å². The Labute approximate surface area is 120 Å². The van der Waals surface area contributed by atoms with Gasteiger partial charge in [-0.15, -0.1) is 0 Å². The van der Waals surface area contributed by atoms with Crippen LogP contribution in [0, 0.1) is 10.1 Å². The van der Waals surface area contributed by atoms with Crippen LogP contribution in [0.3, 0.4) is 0 Å². The zero-order valence-corrected chi connectivity index (χ0v) is 13.0.